The van der Waals surface area contributed by atoms with Crippen molar-refractivity contribution in [2.75, 3.05) is 0 Å². The van der Waals surface area contributed by atoms with Crippen LogP contribution in [-0.2, 0) is 20.2 Å². The van der Waals surface area contributed by atoms with Crippen LogP contribution in [0, 0.1) is 0 Å². The molecule has 2 N–H and O–H groups in total. The molecule has 90 valence electrons. The largest absolute Gasteiger partial charge is 0.297 e. The Labute approximate surface area is 108 Å². The lowest BCUT2D eigenvalue weighted by Gasteiger charge is -2.08. The Morgan fingerprint density at radius 3 is 1.25 bits per heavy atom. The first-order chi connectivity index (χ1) is 7.05. The van der Waals surface area contributed by atoms with E-state index >= 15 is 0 Å². The maximum atomic E-state index is 11.0. The van der Waals surface area contributed by atoms with Gasteiger partial charge in [-0.05, 0) is 44.0 Å². The standard InChI is InChI=1S/C6H4Br2O6S2/c7-3-1-2-4(8)6(16(12,13)14)5(3)15(9,10)11/h1-2H,(H,9,10,11)(H,12,13,14). The third-order valence-corrected chi connectivity index (χ3v) is 5.39. The van der Waals surface area contributed by atoms with Gasteiger partial charge in [0.1, 0.15) is 9.79 Å². The van der Waals surface area contributed by atoms with Gasteiger partial charge in [0.25, 0.3) is 20.2 Å². The first kappa shape index (κ1) is 14.1. The molecule has 0 bridgehead atoms. The minimum absolute atomic E-state index is 0.175. The summed E-state index contributed by atoms with van der Waals surface area (Å²) in [5.74, 6) is 0. The summed E-state index contributed by atoms with van der Waals surface area (Å²) >= 11 is 5.55. The Morgan fingerprint density at radius 1 is 0.812 bits per heavy atom. The monoisotopic (exact) mass is 394 g/mol. The van der Waals surface area contributed by atoms with Crippen molar-refractivity contribution < 1.29 is 25.9 Å². The van der Waals surface area contributed by atoms with E-state index in [0.717, 1.165) is 0 Å². The highest BCUT2D eigenvalue weighted by Gasteiger charge is 2.29. The van der Waals surface area contributed by atoms with Gasteiger partial charge in [0, 0.05) is 8.95 Å². The van der Waals surface area contributed by atoms with Gasteiger partial charge < -0.3 is 0 Å². The van der Waals surface area contributed by atoms with Crippen LogP contribution in [0.15, 0.2) is 30.9 Å². The zero-order valence-electron chi connectivity index (χ0n) is 7.25. The molecule has 0 aliphatic rings. The Bertz CT molecular complexity index is 576. The highest BCUT2D eigenvalue weighted by atomic mass is 79.9. The molecule has 6 nitrogen and oxygen atoms in total. The van der Waals surface area contributed by atoms with Gasteiger partial charge in [-0.15, -0.1) is 0 Å². The number of benzene rings is 1. The molecule has 0 saturated carbocycles. The SMILES string of the molecule is O=S(=O)(O)c1c(Br)ccc(Br)c1S(=O)(=O)O. The predicted octanol–water partition coefficient (Wildman–Crippen LogP) is 1.71. The molecule has 0 amide bonds. The molecule has 0 heterocycles. The van der Waals surface area contributed by atoms with Crippen LogP contribution in [0.3, 0.4) is 0 Å². The lowest BCUT2D eigenvalue weighted by molar-refractivity contribution is 0.465. The van der Waals surface area contributed by atoms with Crippen molar-refractivity contribution in [1.82, 2.24) is 0 Å². The Kier molecular flexibility index (Phi) is 3.82. The van der Waals surface area contributed by atoms with Crippen molar-refractivity contribution in [1.29, 1.82) is 0 Å². The van der Waals surface area contributed by atoms with Crippen LogP contribution in [0.25, 0.3) is 0 Å². The second-order valence-electron chi connectivity index (χ2n) is 2.64. The molecule has 1 aromatic rings. The van der Waals surface area contributed by atoms with E-state index in [4.69, 9.17) is 9.11 Å². The minimum atomic E-state index is -4.79. The topological polar surface area (TPSA) is 109 Å². The molecule has 0 atom stereocenters. The van der Waals surface area contributed by atoms with Gasteiger partial charge in [0.05, 0.1) is 0 Å². The van der Waals surface area contributed by atoms with Gasteiger partial charge in [-0.3, -0.25) is 9.11 Å². The number of hydrogen-bond donors (Lipinski definition) is 2. The molecule has 0 aromatic heterocycles. The Morgan fingerprint density at radius 2 is 1.06 bits per heavy atom. The van der Waals surface area contributed by atoms with Crippen LogP contribution < -0.4 is 0 Å². The number of rotatable bonds is 2. The highest BCUT2D eigenvalue weighted by molar-refractivity contribution is 9.11. The molecule has 0 aliphatic carbocycles. The van der Waals surface area contributed by atoms with E-state index in [2.05, 4.69) is 31.9 Å². The zero-order valence-corrected chi connectivity index (χ0v) is 12.1. The molecule has 0 radical (unpaired) electrons. The molecule has 0 spiro atoms. The second-order valence-corrected chi connectivity index (χ2v) is 7.06. The number of halogens is 2. The van der Waals surface area contributed by atoms with E-state index in [0.29, 0.717) is 0 Å². The molecule has 1 aromatic carbocycles. The molecule has 10 heteroatoms. The summed E-state index contributed by atoms with van der Waals surface area (Å²) in [6.45, 7) is 0. The van der Waals surface area contributed by atoms with Gasteiger partial charge >= 0.3 is 0 Å². The summed E-state index contributed by atoms with van der Waals surface area (Å²) in [4.78, 5) is -1.83. The van der Waals surface area contributed by atoms with E-state index in [1.807, 2.05) is 0 Å². The van der Waals surface area contributed by atoms with Crippen LogP contribution in [0.2, 0.25) is 0 Å². The molecule has 0 aliphatic heterocycles. The third-order valence-electron chi connectivity index (χ3n) is 1.53. The van der Waals surface area contributed by atoms with Crippen LogP contribution in [0.1, 0.15) is 0 Å². The normalized spacial score (nSPS) is 12.8. The van der Waals surface area contributed by atoms with Crippen molar-refractivity contribution in [2.45, 2.75) is 9.79 Å². The summed E-state index contributed by atoms with van der Waals surface area (Å²) < 4.78 is 61.4. The lowest BCUT2D eigenvalue weighted by Crippen LogP contribution is -2.10. The second kappa shape index (κ2) is 4.35. The number of hydrogen-bond acceptors (Lipinski definition) is 4. The molecule has 1 rings (SSSR count). The quantitative estimate of drug-likeness (QED) is 0.737. The maximum absolute atomic E-state index is 11.0. The molecular formula is C6H4Br2O6S2. The summed E-state index contributed by atoms with van der Waals surface area (Å²) in [6.07, 6.45) is 0. The molecule has 0 fully saturated rings. The van der Waals surface area contributed by atoms with Crippen LogP contribution in [0.4, 0.5) is 0 Å². The molecule has 0 unspecified atom stereocenters. The van der Waals surface area contributed by atoms with Gasteiger partial charge in [-0.25, -0.2) is 0 Å². The van der Waals surface area contributed by atoms with Crippen LogP contribution >= 0.6 is 31.9 Å². The zero-order chi connectivity index (χ0) is 12.7. The fourth-order valence-electron chi connectivity index (χ4n) is 0.995. The average molecular weight is 396 g/mol. The van der Waals surface area contributed by atoms with Gasteiger partial charge in [0.15, 0.2) is 0 Å². The van der Waals surface area contributed by atoms with Crippen molar-refractivity contribution >= 4 is 52.1 Å². The van der Waals surface area contributed by atoms with Crippen molar-refractivity contribution in [3.8, 4) is 0 Å². The maximum Gasteiger partial charge on any atom is 0.297 e. The van der Waals surface area contributed by atoms with Gasteiger partial charge in [-0.1, -0.05) is 0 Å². The summed E-state index contributed by atoms with van der Waals surface area (Å²) in [5.41, 5.74) is 0. The Balaban J connectivity index is 3.93. The third kappa shape index (κ3) is 2.81. The summed E-state index contributed by atoms with van der Waals surface area (Å²) in [7, 11) is -9.57. The average Bonchev–Trinajstić information content (AvgIpc) is 2.04. The van der Waals surface area contributed by atoms with Crippen molar-refractivity contribution in [3.63, 3.8) is 0 Å². The van der Waals surface area contributed by atoms with Crippen molar-refractivity contribution in [3.05, 3.63) is 21.1 Å². The van der Waals surface area contributed by atoms with E-state index in [9.17, 15) is 16.8 Å². The Hall–Kier alpha value is -0.000000000000000187. The van der Waals surface area contributed by atoms with Crippen LogP contribution in [0.5, 0.6) is 0 Å². The smallest absolute Gasteiger partial charge is 0.282 e. The predicted molar refractivity (Wildman–Crippen MR) is 61.5 cm³/mol. The fraction of sp³-hybridized carbons (Fsp3) is 0. The van der Waals surface area contributed by atoms with Crippen LogP contribution in [-0.4, -0.2) is 25.9 Å². The highest BCUT2D eigenvalue weighted by Crippen LogP contribution is 2.34. The van der Waals surface area contributed by atoms with E-state index in [1.54, 1.807) is 0 Å². The molecule has 0 saturated heterocycles. The van der Waals surface area contributed by atoms with Crippen molar-refractivity contribution in [2.24, 2.45) is 0 Å². The fourth-order valence-corrected chi connectivity index (χ4v) is 5.10. The van der Waals surface area contributed by atoms with E-state index in [1.165, 1.54) is 12.1 Å². The minimum Gasteiger partial charge on any atom is -0.282 e. The molecule has 16 heavy (non-hydrogen) atoms. The lowest BCUT2D eigenvalue weighted by atomic mass is 10.4. The van der Waals surface area contributed by atoms with E-state index in [-0.39, 0.29) is 8.95 Å². The molecular weight excluding hydrogens is 392 g/mol. The summed E-state index contributed by atoms with van der Waals surface area (Å²) in [5, 5.41) is 0. The first-order valence-corrected chi connectivity index (χ1v) is 7.94. The summed E-state index contributed by atoms with van der Waals surface area (Å²) in [6, 6.07) is 2.42. The first-order valence-electron chi connectivity index (χ1n) is 3.48. The van der Waals surface area contributed by atoms with Gasteiger partial charge in [0.2, 0.25) is 0 Å². The van der Waals surface area contributed by atoms with E-state index < -0.39 is 30.0 Å². The van der Waals surface area contributed by atoms with Gasteiger partial charge in [-0.2, -0.15) is 16.8 Å².